The van der Waals surface area contributed by atoms with E-state index >= 15 is 0 Å². The van der Waals surface area contributed by atoms with Crippen LogP contribution in [0.5, 0.6) is 5.75 Å². The number of hydrogen-bond donors (Lipinski definition) is 1. The molecule has 300 valence electrons. The topological polar surface area (TPSA) is 180 Å². The van der Waals surface area contributed by atoms with Crippen molar-refractivity contribution in [1.29, 1.82) is 0 Å². The zero-order valence-electron chi connectivity index (χ0n) is 31.8. The smallest absolute Gasteiger partial charge is 0.309 e. The Labute approximate surface area is 332 Å². The molecule has 0 spiro atoms. The summed E-state index contributed by atoms with van der Waals surface area (Å²) in [6.07, 6.45) is 1.73. The molecule has 0 unspecified atom stereocenters. The van der Waals surface area contributed by atoms with E-state index in [0.717, 1.165) is 54.3 Å². The number of carbonyl (C=O) groups excluding carboxylic acids is 2. The highest BCUT2D eigenvalue weighted by Gasteiger charge is 2.30. The maximum atomic E-state index is 14.0. The maximum Gasteiger partial charge on any atom is 0.309 e. The van der Waals surface area contributed by atoms with E-state index in [9.17, 15) is 34.8 Å². The summed E-state index contributed by atoms with van der Waals surface area (Å²) in [5, 5.41) is 1.54. The van der Waals surface area contributed by atoms with Gasteiger partial charge in [0.05, 0.1) is 28.2 Å². The number of amides is 2. The minimum atomic E-state index is -4.75. The van der Waals surface area contributed by atoms with E-state index in [1.165, 1.54) is 36.4 Å². The fourth-order valence-corrected chi connectivity index (χ4v) is 11.2. The third-order valence-corrected chi connectivity index (χ3v) is 14.5. The van der Waals surface area contributed by atoms with Crippen molar-refractivity contribution in [3.63, 3.8) is 0 Å². The highest BCUT2D eigenvalue weighted by molar-refractivity contribution is 8.04. The molecule has 0 atom stereocenters. The van der Waals surface area contributed by atoms with Crippen molar-refractivity contribution < 1.29 is 43.4 Å². The highest BCUT2D eigenvalue weighted by Crippen LogP contribution is 2.43. The van der Waals surface area contributed by atoms with Gasteiger partial charge in [-0.25, -0.2) is 26.3 Å². The number of benzene rings is 4. The number of hydrogen-bond acceptors (Lipinski definition) is 11. The summed E-state index contributed by atoms with van der Waals surface area (Å²) in [6, 6.07) is 22.7. The lowest BCUT2D eigenvalue weighted by Gasteiger charge is -2.23. The Balaban J connectivity index is 1.27. The van der Waals surface area contributed by atoms with Crippen LogP contribution in [0.15, 0.2) is 106 Å². The van der Waals surface area contributed by atoms with Crippen LogP contribution in [0.4, 0.5) is 11.4 Å². The third kappa shape index (κ3) is 8.96. The number of anilines is 2. The summed E-state index contributed by atoms with van der Waals surface area (Å²) in [5.41, 5.74) is 3.04. The number of imide groups is 1. The second kappa shape index (κ2) is 16.6. The molecule has 6 rings (SSSR count). The lowest BCUT2D eigenvalue weighted by Crippen LogP contribution is -2.33. The van der Waals surface area contributed by atoms with Gasteiger partial charge in [0, 0.05) is 65.1 Å². The summed E-state index contributed by atoms with van der Waals surface area (Å²) in [5.74, 6) is -2.31. The van der Waals surface area contributed by atoms with Crippen LogP contribution in [0.25, 0.3) is 33.4 Å². The Hall–Kier alpha value is -5.36. The number of carbonyl (C=O) groups is 2. The lowest BCUT2D eigenvalue weighted by molar-refractivity contribution is -0.120. The average molecular weight is 836 g/mol. The summed E-state index contributed by atoms with van der Waals surface area (Å²) in [6.45, 7) is 11.2. The fraction of sp³-hybridized carbons (Fsp3) is 0.275. The second-order valence-electron chi connectivity index (χ2n) is 13.1. The number of fused-ring (bicyclic) bond motifs is 2. The van der Waals surface area contributed by atoms with Gasteiger partial charge in [-0.1, -0.05) is 18.2 Å². The molecule has 2 aliphatic heterocycles. The number of nitrogens with one attached hydrogen (secondary N) is 1. The van der Waals surface area contributed by atoms with Gasteiger partial charge in [0.1, 0.15) is 30.2 Å². The molecule has 57 heavy (non-hydrogen) atoms. The van der Waals surface area contributed by atoms with Gasteiger partial charge < -0.3 is 13.5 Å². The van der Waals surface area contributed by atoms with Crippen molar-refractivity contribution in [2.45, 2.75) is 39.0 Å². The van der Waals surface area contributed by atoms with Gasteiger partial charge >= 0.3 is 10.1 Å². The van der Waals surface area contributed by atoms with Gasteiger partial charge in [0.15, 0.2) is 0 Å². The number of nitrogens with zero attached hydrogens (tertiary/aromatic N) is 3. The Morgan fingerprint density at radius 2 is 1.42 bits per heavy atom. The molecule has 0 saturated heterocycles. The molecule has 0 bridgehead atoms. The van der Waals surface area contributed by atoms with E-state index in [2.05, 4.69) is 9.48 Å². The van der Waals surface area contributed by atoms with E-state index in [1.54, 1.807) is 12.1 Å². The Bertz CT molecular complexity index is 2730. The van der Waals surface area contributed by atoms with E-state index in [4.69, 9.17) is 8.60 Å². The Morgan fingerprint density at radius 3 is 2.07 bits per heavy atom. The van der Waals surface area contributed by atoms with Crippen LogP contribution in [0, 0.1) is 0 Å². The lowest BCUT2D eigenvalue weighted by atomic mass is 9.93. The SMILES string of the molecule is CCN(CC)c1ccc2c(-c3ccccc3S(=O)(=O)NS(=O)(=O)CCCS(=O)(=O)Oc3ccc(N4C(=O)C=CC4=O)cc3)c3ccc(=[N+](CC)CC)cc-3oc2c1. The molecule has 1 aliphatic carbocycles. The minimum absolute atomic E-state index is 0.131. The highest BCUT2D eigenvalue weighted by atomic mass is 32.3. The molecule has 0 saturated carbocycles. The standard InChI is InChI=1S/C40H43N4O10S3/c1-5-42(6-2)29-16-20-32-35(26-29)53-36-27-30(43(7-3)8-4)17-21-33(36)40(32)34-12-9-10-13-37(34)57(51,52)41-55(47,48)24-11-25-56(49,50)54-31-18-14-28(15-19-31)44-38(45)22-23-39(44)46/h9-10,12-23,26-27,41H,5-8,11,24-25H2,1-4H3/q+1. The predicted molar refractivity (Wildman–Crippen MR) is 219 cm³/mol. The average Bonchev–Trinajstić information content (AvgIpc) is 3.51. The molecule has 3 aliphatic rings. The molecule has 1 N–H and O–H groups in total. The van der Waals surface area contributed by atoms with Crippen LogP contribution in [-0.2, 0) is 39.8 Å². The molecule has 17 heteroatoms. The number of rotatable bonds is 16. The van der Waals surface area contributed by atoms with Crippen molar-refractivity contribution in [2.24, 2.45) is 0 Å². The van der Waals surface area contributed by atoms with Gasteiger partial charge in [-0.05, 0) is 82.6 Å². The summed E-state index contributed by atoms with van der Waals surface area (Å²) < 4.78 is 95.6. The van der Waals surface area contributed by atoms with Gasteiger partial charge in [-0.15, -0.1) is 4.13 Å². The Morgan fingerprint density at radius 1 is 0.754 bits per heavy atom. The molecule has 0 aromatic heterocycles. The van der Waals surface area contributed by atoms with Gasteiger partial charge in [-0.2, -0.15) is 8.42 Å². The van der Waals surface area contributed by atoms with Crippen molar-refractivity contribution >= 4 is 64.3 Å². The molecule has 2 amide bonds. The molecule has 14 nitrogen and oxygen atoms in total. The van der Waals surface area contributed by atoms with Gasteiger partial charge in [-0.3, -0.25) is 9.59 Å². The van der Waals surface area contributed by atoms with Crippen LogP contribution in [0.2, 0.25) is 0 Å². The van der Waals surface area contributed by atoms with E-state index in [-0.39, 0.29) is 21.9 Å². The second-order valence-corrected chi connectivity index (χ2v) is 18.6. The first-order chi connectivity index (χ1) is 27.1. The first kappa shape index (κ1) is 41.3. The summed E-state index contributed by atoms with van der Waals surface area (Å²) in [4.78, 5) is 26.6. The molecule has 2 heterocycles. The first-order valence-electron chi connectivity index (χ1n) is 18.4. The third-order valence-electron chi connectivity index (χ3n) is 9.56. The zero-order valence-corrected chi connectivity index (χ0v) is 34.3. The Kier molecular flexibility index (Phi) is 12.0. The van der Waals surface area contributed by atoms with Crippen LogP contribution in [-0.4, -0.2) is 74.8 Å². The normalized spacial score (nSPS) is 13.5. The van der Waals surface area contributed by atoms with Crippen LogP contribution in [0.3, 0.4) is 0 Å². The predicted octanol–water partition coefficient (Wildman–Crippen LogP) is 4.70. The zero-order chi connectivity index (χ0) is 41.1. The monoisotopic (exact) mass is 835 g/mol. The van der Waals surface area contributed by atoms with Crippen molar-refractivity contribution in [1.82, 2.24) is 8.70 Å². The van der Waals surface area contributed by atoms with Crippen LogP contribution in [0.1, 0.15) is 34.1 Å². The largest absolute Gasteiger partial charge is 0.456 e. The van der Waals surface area contributed by atoms with Crippen molar-refractivity contribution in [3.8, 4) is 28.2 Å². The molecule has 0 fully saturated rings. The quantitative estimate of drug-likeness (QED) is 0.0630. The van der Waals surface area contributed by atoms with Crippen molar-refractivity contribution in [3.05, 3.63) is 102 Å². The fourth-order valence-electron chi connectivity index (χ4n) is 6.81. The van der Waals surface area contributed by atoms with Crippen LogP contribution >= 0.6 is 0 Å². The number of sulfonamides is 2. The maximum absolute atomic E-state index is 14.0. The molecular formula is C40H43N4O10S3+. The molecular weight excluding hydrogens is 793 g/mol. The van der Waals surface area contributed by atoms with Gasteiger partial charge in [0.2, 0.25) is 15.4 Å². The van der Waals surface area contributed by atoms with Gasteiger partial charge in [0.25, 0.3) is 21.8 Å². The van der Waals surface area contributed by atoms with E-state index in [0.29, 0.717) is 27.9 Å². The molecule has 3 aromatic carbocycles. The molecule has 0 radical (unpaired) electrons. The first-order valence-corrected chi connectivity index (χ1v) is 23.1. The van der Waals surface area contributed by atoms with E-state index < -0.39 is 59.9 Å². The summed E-state index contributed by atoms with van der Waals surface area (Å²) >= 11 is 0. The summed E-state index contributed by atoms with van der Waals surface area (Å²) in [7, 11) is -13.7. The molecule has 3 aromatic rings. The van der Waals surface area contributed by atoms with Crippen molar-refractivity contribution in [2.75, 3.05) is 47.5 Å². The van der Waals surface area contributed by atoms with E-state index in [1.807, 2.05) is 68.2 Å². The van der Waals surface area contributed by atoms with Crippen LogP contribution < -0.4 is 28.0 Å². The minimum Gasteiger partial charge on any atom is -0.456 e.